The van der Waals surface area contributed by atoms with Crippen LogP contribution in [-0.2, 0) is 23.9 Å². The fourth-order valence-electron chi connectivity index (χ4n) is 5.85. The molecule has 0 aliphatic carbocycles. The van der Waals surface area contributed by atoms with Crippen molar-refractivity contribution in [2.45, 2.75) is 219 Å². The molecule has 0 fully saturated rings. The molecule has 0 N–H and O–H groups in total. The Hall–Kier alpha value is 0.116. The first-order valence-electron chi connectivity index (χ1n) is 19.7. The summed E-state index contributed by atoms with van der Waals surface area (Å²) in [4.78, 5) is 35.5. The molecule has 0 heterocycles. The topological polar surface area (TPSA) is 69.7 Å². The van der Waals surface area contributed by atoms with E-state index in [9.17, 15) is 14.4 Å². The summed E-state index contributed by atoms with van der Waals surface area (Å²) in [6.07, 6.45) is 42.0. The molecule has 0 aliphatic heterocycles. The van der Waals surface area contributed by atoms with Gasteiger partial charge in [-0.2, -0.15) is 0 Å². The first-order valence-corrected chi connectivity index (χ1v) is 19.7. The molecule has 0 amide bonds. The normalized spacial score (nSPS) is 10.9. The second kappa shape index (κ2) is 44.1. The van der Waals surface area contributed by atoms with Crippen LogP contribution in [0.4, 0.5) is 0 Å². The predicted octanol–water partition coefficient (Wildman–Crippen LogP) is 11.1. The minimum atomic E-state index is -0.805. The van der Waals surface area contributed by atoms with E-state index in [1.165, 1.54) is 167 Å². The van der Waals surface area contributed by atoms with Crippen LogP contribution in [0.15, 0.2) is 12.2 Å². The van der Waals surface area contributed by atoms with E-state index >= 15 is 0 Å². The summed E-state index contributed by atoms with van der Waals surface area (Å²) in [6.45, 7) is 4.89. The van der Waals surface area contributed by atoms with E-state index in [-0.39, 0.29) is 59.0 Å². The third kappa shape index (κ3) is 44.1. The van der Waals surface area contributed by atoms with Crippen LogP contribution in [0.1, 0.15) is 219 Å². The molecule has 0 aromatic rings. The van der Waals surface area contributed by atoms with Gasteiger partial charge in [0.25, 0.3) is 0 Å². The van der Waals surface area contributed by atoms with Gasteiger partial charge in [-0.1, -0.05) is 200 Å². The molecule has 0 atom stereocenters. The molecule has 0 spiro atoms. The Morgan fingerprint density at radius 2 is 0.681 bits per heavy atom. The summed E-state index contributed by atoms with van der Waals surface area (Å²) in [5.41, 5.74) is 0. The molecule has 0 radical (unpaired) electrons. The third-order valence-electron chi connectivity index (χ3n) is 8.80. The van der Waals surface area contributed by atoms with Crippen molar-refractivity contribution in [2.75, 3.05) is 6.61 Å². The molecule has 0 bridgehead atoms. The molecule has 0 saturated carbocycles. The van der Waals surface area contributed by atoms with Crippen molar-refractivity contribution in [1.82, 2.24) is 0 Å². The molecule has 7 heteroatoms. The molecule has 47 heavy (non-hydrogen) atoms. The van der Waals surface area contributed by atoms with Crippen molar-refractivity contribution in [3.63, 3.8) is 0 Å². The van der Waals surface area contributed by atoms with Gasteiger partial charge in [-0.05, 0) is 12.8 Å². The quantitative estimate of drug-likeness (QED) is 0.0218. The number of rotatable bonds is 35. The fourth-order valence-corrected chi connectivity index (χ4v) is 5.85. The maximum atomic E-state index is 11.9. The van der Waals surface area contributed by atoms with Crippen LogP contribution in [0.2, 0.25) is 0 Å². The molecule has 0 unspecified atom stereocenters. The Kier molecular flexibility index (Phi) is 48.3. The van der Waals surface area contributed by atoms with E-state index in [1.807, 2.05) is 0 Å². The summed E-state index contributed by atoms with van der Waals surface area (Å²) in [5, 5.41) is 0. The zero-order valence-electron chi connectivity index (χ0n) is 30.0. The van der Waals surface area contributed by atoms with Gasteiger partial charge in [0.2, 0.25) is 0 Å². The molecule has 0 aliphatic rings. The number of hydrogen-bond donors (Lipinski definition) is 0. The molecular weight excluding hydrogens is 608 g/mol. The van der Waals surface area contributed by atoms with Gasteiger partial charge in [-0.25, -0.2) is 9.59 Å². The van der Waals surface area contributed by atoms with Gasteiger partial charge in [-0.15, -0.1) is 0 Å². The van der Waals surface area contributed by atoms with E-state index in [0.717, 1.165) is 44.3 Å². The number of carbonyl (C=O) groups excluding carboxylic acids is 3. The molecule has 0 saturated heterocycles. The summed E-state index contributed by atoms with van der Waals surface area (Å²) in [5.74, 6) is -1.90. The van der Waals surface area contributed by atoms with Crippen LogP contribution >= 0.6 is 0 Å². The number of esters is 3. The summed E-state index contributed by atoms with van der Waals surface area (Å²) in [6, 6.07) is 0. The van der Waals surface area contributed by atoms with Gasteiger partial charge in [0.15, 0.2) is 0 Å². The van der Waals surface area contributed by atoms with Crippen LogP contribution in [0.25, 0.3) is 0 Å². The molecule has 0 aromatic heterocycles. The van der Waals surface area contributed by atoms with Gasteiger partial charge in [-0.3, -0.25) is 4.79 Å². The van der Waals surface area contributed by atoms with Crippen molar-refractivity contribution in [1.29, 1.82) is 0 Å². The fraction of sp³-hybridized carbons (Fsp3) is 0.875. The second-order valence-electron chi connectivity index (χ2n) is 13.3. The molecular formula is C40H77MgNaO5. The van der Waals surface area contributed by atoms with E-state index in [0.29, 0.717) is 6.61 Å². The number of unbranched alkanes of at least 4 members (excludes halogenated alkanes) is 29. The Balaban J connectivity index is -0.00000968. The number of carbonyl (C=O) groups is 3. The van der Waals surface area contributed by atoms with E-state index < -0.39 is 17.9 Å². The molecule has 0 rings (SSSR count). The van der Waals surface area contributed by atoms with Crippen LogP contribution in [-0.4, -0.2) is 77.1 Å². The summed E-state index contributed by atoms with van der Waals surface area (Å²) < 4.78 is 9.94. The van der Waals surface area contributed by atoms with Crippen LogP contribution < -0.4 is 0 Å². The van der Waals surface area contributed by atoms with E-state index in [4.69, 9.17) is 9.47 Å². The molecule has 0 aromatic carbocycles. The Bertz CT molecular complexity index is 700. The first kappa shape index (κ1) is 51.5. The summed E-state index contributed by atoms with van der Waals surface area (Å²) in [7, 11) is 0. The van der Waals surface area contributed by atoms with E-state index in [2.05, 4.69) is 13.8 Å². The Labute approximate surface area is 330 Å². The standard InChI is InChI=1S/C40H74O5.Mg.Na.3H/c1-3-5-7-9-11-13-15-17-19-21-23-25-27-29-31-33-37-44-38(41)35-36-40(43)45-39(42)34-32-30-28-26-24-22-20-18-16-14-12-10-8-6-4-2;;;;;/h35-36H,3-34,37H2,1-2H3;;;;;/b36-35+;;;;;. The Morgan fingerprint density at radius 1 is 0.404 bits per heavy atom. The monoisotopic (exact) mass is 685 g/mol. The van der Waals surface area contributed by atoms with Crippen molar-refractivity contribution in [3.8, 4) is 0 Å². The average Bonchev–Trinajstić information content (AvgIpc) is 3.03. The van der Waals surface area contributed by atoms with Gasteiger partial charge < -0.3 is 9.47 Å². The molecule has 5 nitrogen and oxygen atoms in total. The van der Waals surface area contributed by atoms with Crippen molar-refractivity contribution in [2.24, 2.45) is 0 Å². The van der Waals surface area contributed by atoms with Crippen LogP contribution in [0.3, 0.4) is 0 Å². The Morgan fingerprint density at radius 3 is 1.02 bits per heavy atom. The van der Waals surface area contributed by atoms with Gasteiger partial charge in [0, 0.05) is 18.6 Å². The van der Waals surface area contributed by atoms with Crippen molar-refractivity contribution < 1.29 is 23.9 Å². The van der Waals surface area contributed by atoms with Gasteiger partial charge in [0.05, 0.1) is 6.61 Å². The summed E-state index contributed by atoms with van der Waals surface area (Å²) >= 11 is 0. The SMILES string of the molecule is CCCCCCCCCCCCCCCCCCOC(=O)/C=C/C(=O)OC(=O)CCCCCCCCCCCCCCCCC.[MgH2].[NaH]. The van der Waals surface area contributed by atoms with Gasteiger partial charge >= 0.3 is 70.5 Å². The zero-order valence-corrected chi connectivity index (χ0v) is 30.0. The number of ether oxygens (including phenoxy) is 2. The van der Waals surface area contributed by atoms with Crippen LogP contribution in [0, 0.1) is 0 Å². The van der Waals surface area contributed by atoms with Gasteiger partial charge in [0.1, 0.15) is 0 Å². The average molecular weight is 685 g/mol. The first-order chi connectivity index (χ1) is 22.1. The minimum absolute atomic E-state index is 0. The number of hydrogen-bond acceptors (Lipinski definition) is 5. The molecule has 270 valence electrons. The van der Waals surface area contributed by atoms with E-state index in [1.54, 1.807) is 0 Å². The second-order valence-corrected chi connectivity index (χ2v) is 13.3. The zero-order chi connectivity index (χ0) is 32.9. The van der Waals surface area contributed by atoms with Crippen LogP contribution in [0.5, 0.6) is 0 Å². The van der Waals surface area contributed by atoms with Crippen molar-refractivity contribution in [3.05, 3.63) is 12.2 Å². The predicted molar refractivity (Wildman–Crippen MR) is 206 cm³/mol. The maximum absolute atomic E-state index is 11.9. The van der Waals surface area contributed by atoms with Crippen molar-refractivity contribution >= 4 is 70.5 Å². The third-order valence-corrected chi connectivity index (χ3v) is 8.80.